The Morgan fingerprint density at radius 3 is 2.26 bits per heavy atom. The number of rotatable bonds is 6. The molecule has 98 valence electrons. The van der Waals surface area contributed by atoms with E-state index in [1.54, 1.807) is 11.8 Å². The Morgan fingerprint density at radius 2 is 1.63 bits per heavy atom. The van der Waals surface area contributed by atoms with Gasteiger partial charge in [-0.15, -0.1) is 11.8 Å². The Morgan fingerprint density at radius 1 is 0.947 bits per heavy atom. The zero-order chi connectivity index (χ0) is 13.5. The highest BCUT2D eigenvalue weighted by atomic mass is 32.2. The van der Waals surface area contributed by atoms with Gasteiger partial charge in [0.05, 0.1) is 6.42 Å². The van der Waals surface area contributed by atoms with E-state index < -0.39 is 5.97 Å². The highest BCUT2D eigenvalue weighted by molar-refractivity contribution is 7.99. The predicted octanol–water partition coefficient (Wildman–Crippen LogP) is 3.65. The van der Waals surface area contributed by atoms with Gasteiger partial charge >= 0.3 is 5.97 Å². The summed E-state index contributed by atoms with van der Waals surface area (Å²) in [5.74, 6) is 0.243. The lowest BCUT2D eigenvalue weighted by Crippen LogP contribution is -1.99. The van der Waals surface area contributed by atoms with E-state index in [2.05, 4.69) is 24.3 Å². The smallest absolute Gasteiger partial charge is 0.307 e. The second-order valence-electron chi connectivity index (χ2n) is 4.30. The van der Waals surface area contributed by atoms with Gasteiger partial charge in [0.15, 0.2) is 0 Å². The van der Waals surface area contributed by atoms with E-state index in [0.29, 0.717) is 0 Å². The highest BCUT2D eigenvalue weighted by Gasteiger charge is 2.00. The van der Waals surface area contributed by atoms with Gasteiger partial charge < -0.3 is 5.11 Å². The third-order valence-electron chi connectivity index (χ3n) is 2.78. The fourth-order valence-electron chi connectivity index (χ4n) is 1.81. The molecule has 19 heavy (non-hydrogen) atoms. The Kier molecular flexibility index (Phi) is 5.04. The topological polar surface area (TPSA) is 37.3 Å². The second kappa shape index (κ2) is 7.00. The Bertz CT molecular complexity index is 520. The fourth-order valence-corrected chi connectivity index (χ4v) is 2.71. The van der Waals surface area contributed by atoms with Crippen LogP contribution in [0.2, 0.25) is 0 Å². The third kappa shape index (κ3) is 4.79. The van der Waals surface area contributed by atoms with E-state index in [1.807, 2.05) is 30.3 Å². The van der Waals surface area contributed by atoms with Crippen molar-refractivity contribution in [2.45, 2.75) is 17.7 Å². The van der Waals surface area contributed by atoms with Crippen LogP contribution in [0.3, 0.4) is 0 Å². The predicted molar refractivity (Wildman–Crippen MR) is 78.7 cm³/mol. The summed E-state index contributed by atoms with van der Waals surface area (Å²) in [5.41, 5.74) is 2.19. The maximum Gasteiger partial charge on any atom is 0.307 e. The van der Waals surface area contributed by atoms with Crippen LogP contribution in [0.5, 0.6) is 0 Å². The Balaban J connectivity index is 1.81. The van der Waals surface area contributed by atoms with Gasteiger partial charge in [-0.1, -0.05) is 42.5 Å². The minimum Gasteiger partial charge on any atom is -0.481 e. The van der Waals surface area contributed by atoms with Gasteiger partial charge in [-0.05, 0) is 29.7 Å². The molecule has 2 aromatic rings. The van der Waals surface area contributed by atoms with Crippen LogP contribution in [0.15, 0.2) is 59.5 Å². The number of carboxylic acid groups (broad SMARTS) is 1. The lowest BCUT2D eigenvalue weighted by atomic mass is 10.2. The molecule has 2 nitrogen and oxygen atoms in total. The van der Waals surface area contributed by atoms with Gasteiger partial charge in [0.25, 0.3) is 0 Å². The van der Waals surface area contributed by atoms with E-state index >= 15 is 0 Å². The van der Waals surface area contributed by atoms with Crippen molar-refractivity contribution in [3.63, 3.8) is 0 Å². The van der Waals surface area contributed by atoms with Crippen molar-refractivity contribution in [3.8, 4) is 0 Å². The molecule has 0 spiro atoms. The lowest BCUT2D eigenvalue weighted by Gasteiger charge is -2.03. The van der Waals surface area contributed by atoms with Crippen LogP contribution in [-0.4, -0.2) is 16.8 Å². The van der Waals surface area contributed by atoms with Crippen LogP contribution in [-0.2, 0) is 17.6 Å². The molecule has 0 saturated carbocycles. The molecule has 0 saturated heterocycles. The maximum absolute atomic E-state index is 10.6. The SMILES string of the molecule is O=C(O)Cc1ccc(SCCc2ccccc2)cc1. The van der Waals surface area contributed by atoms with Gasteiger partial charge in [0, 0.05) is 10.6 Å². The summed E-state index contributed by atoms with van der Waals surface area (Å²) in [6.07, 6.45) is 1.14. The van der Waals surface area contributed by atoms with E-state index in [4.69, 9.17) is 5.11 Å². The molecule has 2 aromatic carbocycles. The zero-order valence-corrected chi connectivity index (χ0v) is 11.4. The second-order valence-corrected chi connectivity index (χ2v) is 5.47. The van der Waals surface area contributed by atoms with Crippen molar-refractivity contribution >= 4 is 17.7 Å². The highest BCUT2D eigenvalue weighted by Crippen LogP contribution is 2.20. The first-order valence-corrected chi connectivity index (χ1v) is 7.20. The van der Waals surface area contributed by atoms with Gasteiger partial charge in [-0.25, -0.2) is 0 Å². The first kappa shape index (κ1) is 13.7. The van der Waals surface area contributed by atoms with E-state index in [1.165, 1.54) is 10.5 Å². The summed E-state index contributed by atoms with van der Waals surface area (Å²) in [6, 6.07) is 18.2. The lowest BCUT2D eigenvalue weighted by molar-refractivity contribution is -0.136. The van der Waals surface area contributed by atoms with Crippen molar-refractivity contribution in [2.75, 3.05) is 5.75 Å². The van der Waals surface area contributed by atoms with Crippen LogP contribution in [0.4, 0.5) is 0 Å². The van der Waals surface area contributed by atoms with E-state index in [9.17, 15) is 4.79 Å². The van der Waals surface area contributed by atoms with Crippen molar-refractivity contribution < 1.29 is 9.90 Å². The molecule has 0 unspecified atom stereocenters. The number of carbonyl (C=O) groups is 1. The Labute approximate surface area is 117 Å². The Hall–Kier alpha value is -1.74. The number of aryl methyl sites for hydroxylation is 1. The van der Waals surface area contributed by atoms with E-state index in [0.717, 1.165) is 17.7 Å². The number of benzene rings is 2. The van der Waals surface area contributed by atoms with Crippen molar-refractivity contribution in [2.24, 2.45) is 0 Å². The standard InChI is InChI=1S/C16H16O2S/c17-16(18)12-14-6-8-15(9-7-14)19-11-10-13-4-2-1-3-5-13/h1-9H,10-12H2,(H,17,18). The van der Waals surface area contributed by atoms with Crippen molar-refractivity contribution in [3.05, 3.63) is 65.7 Å². The molecule has 1 N–H and O–H groups in total. The van der Waals surface area contributed by atoms with Crippen LogP contribution >= 0.6 is 11.8 Å². The normalized spacial score (nSPS) is 10.3. The molecule has 0 aliphatic carbocycles. The average Bonchev–Trinajstić information content (AvgIpc) is 2.41. The molecular formula is C16H16O2S. The molecule has 0 amide bonds. The first-order chi connectivity index (χ1) is 9.24. The minimum atomic E-state index is -0.788. The summed E-state index contributed by atoms with van der Waals surface area (Å²) in [5, 5.41) is 8.70. The first-order valence-electron chi connectivity index (χ1n) is 6.21. The quantitative estimate of drug-likeness (QED) is 0.816. The van der Waals surface area contributed by atoms with Gasteiger partial charge in [-0.3, -0.25) is 4.79 Å². The summed E-state index contributed by atoms with van der Waals surface area (Å²) in [4.78, 5) is 11.8. The molecule has 3 heteroatoms. The molecule has 0 heterocycles. The number of carboxylic acids is 1. The van der Waals surface area contributed by atoms with Gasteiger partial charge in [-0.2, -0.15) is 0 Å². The molecule has 0 fully saturated rings. The number of aliphatic carboxylic acids is 1. The summed E-state index contributed by atoms with van der Waals surface area (Å²) < 4.78 is 0. The van der Waals surface area contributed by atoms with Gasteiger partial charge in [0.2, 0.25) is 0 Å². The summed E-state index contributed by atoms with van der Waals surface area (Å²) in [7, 11) is 0. The van der Waals surface area contributed by atoms with Crippen molar-refractivity contribution in [1.82, 2.24) is 0 Å². The maximum atomic E-state index is 10.6. The van der Waals surface area contributed by atoms with Crippen LogP contribution in [0, 0.1) is 0 Å². The fraction of sp³-hybridized carbons (Fsp3) is 0.188. The molecular weight excluding hydrogens is 256 g/mol. The molecule has 0 aliphatic rings. The molecule has 0 radical (unpaired) electrons. The van der Waals surface area contributed by atoms with Crippen LogP contribution < -0.4 is 0 Å². The number of hydrogen-bond acceptors (Lipinski definition) is 2. The zero-order valence-electron chi connectivity index (χ0n) is 10.6. The third-order valence-corrected chi connectivity index (χ3v) is 3.79. The number of hydrogen-bond donors (Lipinski definition) is 1. The number of thioether (sulfide) groups is 1. The van der Waals surface area contributed by atoms with Crippen LogP contribution in [0.25, 0.3) is 0 Å². The molecule has 0 aromatic heterocycles. The molecule has 2 rings (SSSR count). The molecule has 0 aliphatic heterocycles. The monoisotopic (exact) mass is 272 g/mol. The van der Waals surface area contributed by atoms with Crippen molar-refractivity contribution in [1.29, 1.82) is 0 Å². The molecule has 0 atom stereocenters. The molecule has 0 bridgehead atoms. The average molecular weight is 272 g/mol. The summed E-state index contributed by atoms with van der Waals surface area (Å²) in [6.45, 7) is 0. The minimum absolute atomic E-state index is 0.0922. The van der Waals surface area contributed by atoms with Crippen LogP contribution in [0.1, 0.15) is 11.1 Å². The van der Waals surface area contributed by atoms with E-state index in [-0.39, 0.29) is 6.42 Å². The van der Waals surface area contributed by atoms with Gasteiger partial charge in [0.1, 0.15) is 0 Å². The summed E-state index contributed by atoms with van der Waals surface area (Å²) >= 11 is 1.80. The largest absolute Gasteiger partial charge is 0.481 e.